The number of hydrogen-bond donors (Lipinski definition) is 0. The van der Waals surface area contributed by atoms with Crippen LogP contribution in [0.5, 0.6) is 0 Å². The normalized spacial score (nSPS) is 12.4. The molecular weight excluding hydrogens is 316 g/mol. The molecule has 0 spiro atoms. The number of rotatable bonds is 4. The van der Waals surface area contributed by atoms with Gasteiger partial charge in [-0.2, -0.15) is 0 Å². The molecule has 122 valence electrons. The fraction of sp³-hybridized carbons (Fsp3) is 0.190. The summed E-state index contributed by atoms with van der Waals surface area (Å²) in [4.78, 5) is 6.25. The van der Waals surface area contributed by atoms with E-state index in [1.54, 1.807) is 12.4 Å². The molecule has 1 atom stereocenters. The van der Waals surface area contributed by atoms with Crippen LogP contribution in [-0.4, -0.2) is 24.0 Å². The molecule has 3 aromatic rings. The van der Waals surface area contributed by atoms with Crippen LogP contribution in [0.25, 0.3) is 22.3 Å². The van der Waals surface area contributed by atoms with Gasteiger partial charge in [-0.05, 0) is 49.3 Å². The predicted molar refractivity (Wildman–Crippen MR) is 102 cm³/mol. The third-order valence-corrected chi connectivity index (χ3v) is 4.77. The van der Waals surface area contributed by atoms with Gasteiger partial charge in [0.25, 0.3) is 0 Å². The summed E-state index contributed by atoms with van der Waals surface area (Å²) in [5.74, 6) is 0. The van der Waals surface area contributed by atoms with Crippen molar-refractivity contribution in [2.24, 2.45) is 0 Å². The SMILES string of the molecule is CC(c1ccc(-c2ccc(-c3ccncc3Cl)cc2)cc1)N(C)C. The molecule has 1 heterocycles. The van der Waals surface area contributed by atoms with Crippen molar-refractivity contribution in [1.82, 2.24) is 9.88 Å². The van der Waals surface area contributed by atoms with Gasteiger partial charge in [0.1, 0.15) is 0 Å². The van der Waals surface area contributed by atoms with Gasteiger partial charge in [0, 0.05) is 24.0 Å². The van der Waals surface area contributed by atoms with E-state index in [1.807, 2.05) is 6.07 Å². The molecule has 0 aliphatic rings. The summed E-state index contributed by atoms with van der Waals surface area (Å²) in [7, 11) is 4.20. The lowest BCUT2D eigenvalue weighted by Crippen LogP contribution is -2.16. The standard InChI is InChI=1S/C21H21ClN2/c1-15(24(2)3)16-4-6-17(7-5-16)18-8-10-19(11-9-18)20-12-13-23-14-21(20)22/h4-15H,1-3H3. The summed E-state index contributed by atoms with van der Waals surface area (Å²) < 4.78 is 0. The van der Waals surface area contributed by atoms with Gasteiger partial charge in [-0.1, -0.05) is 60.1 Å². The van der Waals surface area contributed by atoms with E-state index in [1.165, 1.54) is 16.7 Å². The van der Waals surface area contributed by atoms with E-state index in [4.69, 9.17) is 11.6 Å². The van der Waals surface area contributed by atoms with Crippen molar-refractivity contribution < 1.29 is 0 Å². The topological polar surface area (TPSA) is 16.1 Å². The van der Waals surface area contributed by atoms with E-state index >= 15 is 0 Å². The molecule has 0 fully saturated rings. The number of nitrogens with zero attached hydrogens (tertiary/aromatic N) is 2. The van der Waals surface area contributed by atoms with Crippen molar-refractivity contribution in [2.45, 2.75) is 13.0 Å². The number of aromatic nitrogens is 1. The Bertz CT molecular complexity index is 808. The number of halogens is 1. The van der Waals surface area contributed by atoms with Crippen LogP contribution in [0.3, 0.4) is 0 Å². The predicted octanol–water partition coefficient (Wildman–Crippen LogP) is 5.69. The molecule has 0 aliphatic heterocycles. The molecule has 2 aromatic carbocycles. The van der Waals surface area contributed by atoms with Crippen molar-refractivity contribution >= 4 is 11.6 Å². The van der Waals surface area contributed by atoms with Crippen molar-refractivity contribution in [3.8, 4) is 22.3 Å². The van der Waals surface area contributed by atoms with E-state index in [0.29, 0.717) is 11.1 Å². The van der Waals surface area contributed by atoms with Gasteiger partial charge >= 0.3 is 0 Å². The van der Waals surface area contributed by atoms with E-state index < -0.39 is 0 Å². The first-order valence-electron chi connectivity index (χ1n) is 8.03. The summed E-state index contributed by atoms with van der Waals surface area (Å²) in [5.41, 5.74) is 5.85. The molecule has 1 unspecified atom stereocenters. The average Bonchev–Trinajstić information content (AvgIpc) is 2.62. The van der Waals surface area contributed by atoms with Gasteiger partial charge in [-0.15, -0.1) is 0 Å². The summed E-state index contributed by atoms with van der Waals surface area (Å²) >= 11 is 6.22. The quantitative estimate of drug-likeness (QED) is 0.608. The lowest BCUT2D eigenvalue weighted by molar-refractivity contribution is 0.321. The second-order valence-electron chi connectivity index (χ2n) is 6.19. The molecule has 0 amide bonds. The smallest absolute Gasteiger partial charge is 0.0667 e. The number of hydrogen-bond acceptors (Lipinski definition) is 2. The molecular formula is C21H21ClN2. The molecule has 2 nitrogen and oxygen atoms in total. The van der Waals surface area contributed by atoms with E-state index in [9.17, 15) is 0 Å². The molecule has 0 saturated carbocycles. The zero-order chi connectivity index (χ0) is 17.1. The van der Waals surface area contributed by atoms with Crippen molar-refractivity contribution in [3.63, 3.8) is 0 Å². The maximum atomic E-state index is 6.22. The van der Waals surface area contributed by atoms with Crippen LogP contribution in [0.4, 0.5) is 0 Å². The highest BCUT2D eigenvalue weighted by atomic mass is 35.5. The van der Waals surface area contributed by atoms with Gasteiger partial charge < -0.3 is 4.90 Å². The Balaban J connectivity index is 1.85. The average molecular weight is 337 g/mol. The highest BCUT2D eigenvalue weighted by Crippen LogP contribution is 2.29. The van der Waals surface area contributed by atoms with Crippen LogP contribution in [-0.2, 0) is 0 Å². The fourth-order valence-electron chi connectivity index (χ4n) is 2.70. The van der Waals surface area contributed by atoms with Gasteiger partial charge in [-0.25, -0.2) is 0 Å². The lowest BCUT2D eigenvalue weighted by Gasteiger charge is -2.20. The first kappa shape index (κ1) is 16.7. The Morgan fingerprint density at radius 2 is 1.38 bits per heavy atom. The first-order chi connectivity index (χ1) is 11.6. The van der Waals surface area contributed by atoms with Crippen LogP contribution in [0.1, 0.15) is 18.5 Å². The maximum absolute atomic E-state index is 6.22. The van der Waals surface area contributed by atoms with Gasteiger partial charge in [0.05, 0.1) is 5.02 Å². The Labute approximate surface area is 148 Å². The summed E-state index contributed by atoms with van der Waals surface area (Å²) in [6.45, 7) is 2.21. The van der Waals surface area contributed by atoms with Crippen LogP contribution in [0.15, 0.2) is 67.0 Å². The number of pyridine rings is 1. The number of benzene rings is 2. The fourth-order valence-corrected chi connectivity index (χ4v) is 2.93. The Hall–Kier alpha value is -2.16. The van der Waals surface area contributed by atoms with Gasteiger partial charge in [0.15, 0.2) is 0 Å². The third-order valence-electron chi connectivity index (χ3n) is 4.47. The molecule has 24 heavy (non-hydrogen) atoms. The zero-order valence-corrected chi connectivity index (χ0v) is 15.0. The van der Waals surface area contributed by atoms with Crippen molar-refractivity contribution in [3.05, 3.63) is 77.6 Å². The van der Waals surface area contributed by atoms with Crippen LogP contribution in [0.2, 0.25) is 5.02 Å². The van der Waals surface area contributed by atoms with Gasteiger partial charge in [0.2, 0.25) is 0 Å². The van der Waals surface area contributed by atoms with E-state index in [2.05, 4.69) is 79.4 Å². The lowest BCUT2D eigenvalue weighted by atomic mass is 9.98. The molecule has 1 aromatic heterocycles. The minimum atomic E-state index is 0.412. The van der Waals surface area contributed by atoms with Crippen LogP contribution < -0.4 is 0 Å². The largest absolute Gasteiger partial charge is 0.303 e. The minimum Gasteiger partial charge on any atom is -0.303 e. The molecule has 0 saturated heterocycles. The second kappa shape index (κ2) is 7.16. The molecule has 0 N–H and O–H groups in total. The summed E-state index contributed by atoms with van der Waals surface area (Å²) in [6.07, 6.45) is 3.44. The highest BCUT2D eigenvalue weighted by Gasteiger charge is 2.08. The Kier molecular flexibility index (Phi) is 4.98. The van der Waals surface area contributed by atoms with Crippen LogP contribution in [0, 0.1) is 0 Å². The van der Waals surface area contributed by atoms with Crippen molar-refractivity contribution in [2.75, 3.05) is 14.1 Å². The summed E-state index contributed by atoms with van der Waals surface area (Å²) in [6, 6.07) is 19.6. The molecule has 0 aliphatic carbocycles. The van der Waals surface area contributed by atoms with Crippen molar-refractivity contribution in [1.29, 1.82) is 0 Å². The second-order valence-corrected chi connectivity index (χ2v) is 6.60. The first-order valence-corrected chi connectivity index (χ1v) is 8.41. The third kappa shape index (κ3) is 3.50. The van der Waals surface area contributed by atoms with E-state index in [-0.39, 0.29) is 0 Å². The molecule has 3 rings (SSSR count). The molecule has 0 bridgehead atoms. The summed E-state index contributed by atoms with van der Waals surface area (Å²) in [5, 5.41) is 0.673. The Morgan fingerprint density at radius 1 is 0.833 bits per heavy atom. The molecule has 0 radical (unpaired) electrons. The van der Waals surface area contributed by atoms with Gasteiger partial charge in [-0.3, -0.25) is 4.98 Å². The monoisotopic (exact) mass is 336 g/mol. The Morgan fingerprint density at radius 3 is 1.92 bits per heavy atom. The zero-order valence-electron chi connectivity index (χ0n) is 14.2. The minimum absolute atomic E-state index is 0.412. The van der Waals surface area contributed by atoms with E-state index in [0.717, 1.165) is 11.1 Å². The maximum Gasteiger partial charge on any atom is 0.0667 e. The molecule has 3 heteroatoms. The van der Waals surface area contributed by atoms with Crippen LogP contribution >= 0.6 is 11.6 Å². The highest BCUT2D eigenvalue weighted by molar-refractivity contribution is 6.33.